The van der Waals surface area contributed by atoms with E-state index in [0.29, 0.717) is 0 Å². The summed E-state index contributed by atoms with van der Waals surface area (Å²) in [6.45, 7) is 2.09. The lowest BCUT2D eigenvalue weighted by atomic mass is 10.4. The van der Waals surface area contributed by atoms with E-state index < -0.39 is 5.97 Å². The molecular formula is C7H9NO3S. The van der Waals surface area contributed by atoms with Crippen LogP contribution in [-0.4, -0.2) is 15.6 Å². The summed E-state index contributed by atoms with van der Waals surface area (Å²) in [4.78, 5) is 22.0. The van der Waals surface area contributed by atoms with Crippen molar-refractivity contribution in [2.24, 2.45) is 0 Å². The Hall–Kier alpha value is -1.10. The van der Waals surface area contributed by atoms with Crippen molar-refractivity contribution in [3.05, 3.63) is 20.7 Å². The maximum atomic E-state index is 11.0. The minimum Gasteiger partial charge on any atom is -0.481 e. The molecule has 1 N–H and O–H groups in total. The molecule has 1 heterocycles. The maximum Gasteiger partial charge on any atom is 0.307 e. The molecule has 0 aliphatic carbocycles. The third-order valence-corrected chi connectivity index (χ3v) is 2.22. The summed E-state index contributed by atoms with van der Waals surface area (Å²) in [5.74, 6) is -0.884. The SMILES string of the molecule is Cc1cn(CCC(=O)O)c(=O)s1. The molecule has 5 heteroatoms. The summed E-state index contributed by atoms with van der Waals surface area (Å²) >= 11 is 1.14. The Labute approximate surface area is 73.1 Å². The van der Waals surface area contributed by atoms with Gasteiger partial charge in [0.1, 0.15) is 0 Å². The van der Waals surface area contributed by atoms with Crippen molar-refractivity contribution >= 4 is 17.3 Å². The Morgan fingerprint density at radius 1 is 1.75 bits per heavy atom. The fourth-order valence-electron chi connectivity index (χ4n) is 0.867. The fraction of sp³-hybridized carbons (Fsp3) is 0.429. The van der Waals surface area contributed by atoms with Crippen molar-refractivity contribution in [1.29, 1.82) is 0 Å². The van der Waals surface area contributed by atoms with E-state index in [-0.39, 0.29) is 17.8 Å². The molecule has 0 radical (unpaired) electrons. The van der Waals surface area contributed by atoms with Gasteiger partial charge in [-0.05, 0) is 6.92 Å². The molecule has 0 unspecified atom stereocenters. The Morgan fingerprint density at radius 2 is 2.42 bits per heavy atom. The van der Waals surface area contributed by atoms with E-state index in [1.165, 1.54) is 4.57 Å². The molecule has 4 nitrogen and oxygen atoms in total. The van der Waals surface area contributed by atoms with Crippen molar-refractivity contribution in [2.75, 3.05) is 0 Å². The number of thiazole rings is 1. The smallest absolute Gasteiger partial charge is 0.307 e. The minimum atomic E-state index is -0.884. The van der Waals surface area contributed by atoms with Gasteiger partial charge in [0.05, 0.1) is 6.42 Å². The third-order valence-electron chi connectivity index (χ3n) is 1.39. The summed E-state index contributed by atoms with van der Waals surface area (Å²) in [7, 11) is 0. The Balaban J connectivity index is 2.69. The zero-order valence-electron chi connectivity index (χ0n) is 6.61. The highest BCUT2D eigenvalue weighted by Crippen LogP contribution is 2.00. The number of aromatic nitrogens is 1. The summed E-state index contributed by atoms with van der Waals surface area (Å²) in [6.07, 6.45) is 1.67. The average molecular weight is 187 g/mol. The van der Waals surface area contributed by atoms with Gasteiger partial charge in [0.25, 0.3) is 0 Å². The van der Waals surface area contributed by atoms with Gasteiger partial charge < -0.3 is 9.67 Å². The maximum absolute atomic E-state index is 11.0. The van der Waals surface area contributed by atoms with Crippen LogP contribution in [0.25, 0.3) is 0 Å². The van der Waals surface area contributed by atoms with Gasteiger partial charge in [-0.3, -0.25) is 9.59 Å². The molecule has 0 aliphatic rings. The largest absolute Gasteiger partial charge is 0.481 e. The van der Waals surface area contributed by atoms with Crippen LogP contribution in [0, 0.1) is 6.92 Å². The van der Waals surface area contributed by atoms with Crippen LogP contribution in [0.3, 0.4) is 0 Å². The third kappa shape index (κ3) is 2.20. The van der Waals surface area contributed by atoms with Crippen LogP contribution < -0.4 is 4.87 Å². The fourth-order valence-corrected chi connectivity index (χ4v) is 1.58. The number of aliphatic carboxylic acids is 1. The molecule has 12 heavy (non-hydrogen) atoms. The molecular weight excluding hydrogens is 178 g/mol. The summed E-state index contributed by atoms with van der Waals surface area (Å²) in [5.41, 5.74) is 0. The van der Waals surface area contributed by atoms with Crippen molar-refractivity contribution in [2.45, 2.75) is 19.9 Å². The second kappa shape index (κ2) is 3.53. The van der Waals surface area contributed by atoms with Crippen LogP contribution in [-0.2, 0) is 11.3 Å². The first-order valence-corrected chi connectivity index (χ1v) is 4.30. The number of hydrogen-bond donors (Lipinski definition) is 1. The molecule has 0 aromatic carbocycles. The van der Waals surface area contributed by atoms with Gasteiger partial charge in [-0.15, -0.1) is 0 Å². The van der Waals surface area contributed by atoms with E-state index in [9.17, 15) is 9.59 Å². The summed E-state index contributed by atoms with van der Waals surface area (Å²) in [6, 6.07) is 0. The number of hydrogen-bond acceptors (Lipinski definition) is 3. The van der Waals surface area contributed by atoms with Crippen LogP contribution >= 0.6 is 11.3 Å². The van der Waals surface area contributed by atoms with Crippen LogP contribution in [0.1, 0.15) is 11.3 Å². The predicted octanol–water partition coefficient (Wildman–Crippen LogP) is 0.693. The van der Waals surface area contributed by atoms with E-state index in [4.69, 9.17) is 5.11 Å². The van der Waals surface area contributed by atoms with Crippen LogP contribution in [0.4, 0.5) is 0 Å². The lowest BCUT2D eigenvalue weighted by Gasteiger charge is -1.95. The minimum absolute atomic E-state index is 0.00389. The quantitative estimate of drug-likeness (QED) is 0.757. The van der Waals surface area contributed by atoms with E-state index >= 15 is 0 Å². The molecule has 0 saturated carbocycles. The molecule has 0 spiro atoms. The van der Waals surface area contributed by atoms with E-state index in [2.05, 4.69) is 0 Å². The predicted molar refractivity (Wildman–Crippen MR) is 45.6 cm³/mol. The van der Waals surface area contributed by atoms with Gasteiger partial charge in [-0.2, -0.15) is 0 Å². The normalized spacial score (nSPS) is 10.1. The van der Waals surface area contributed by atoms with E-state index in [1.54, 1.807) is 6.20 Å². The van der Waals surface area contributed by atoms with Gasteiger partial charge in [-0.1, -0.05) is 11.3 Å². The molecule has 0 fully saturated rings. The summed E-state index contributed by atoms with van der Waals surface area (Å²) in [5, 5.41) is 8.36. The topological polar surface area (TPSA) is 59.3 Å². The zero-order chi connectivity index (χ0) is 9.14. The number of rotatable bonds is 3. The van der Waals surface area contributed by atoms with Gasteiger partial charge >= 0.3 is 10.8 Å². The monoisotopic (exact) mass is 187 g/mol. The zero-order valence-corrected chi connectivity index (χ0v) is 7.43. The molecule has 0 bridgehead atoms. The second-order valence-electron chi connectivity index (χ2n) is 2.44. The Kier molecular flexibility index (Phi) is 2.65. The number of nitrogens with zero attached hydrogens (tertiary/aromatic N) is 1. The Morgan fingerprint density at radius 3 is 2.83 bits per heavy atom. The lowest BCUT2D eigenvalue weighted by Crippen LogP contribution is -2.14. The van der Waals surface area contributed by atoms with Gasteiger partial charge in [0, 0.05) is 17.6 Å². The molecule has 1 aromatic rings. The number of carboxylic acid groups (broad SMARTS) is 1. The first-order chi connectivity index (χ1) is 5.59. The molecule has 0 saturated heterocycles. The van der Waals surface area contributed by atoms with Gasteiger partial charge in [0.15, 0.2) is 0 Å². The van der Waals surface area contributed by atoms with Crippen molar-refractivity contribution in [3.63, 3.8) is 0 Å². The average Bonchev–Trinajstić information content (AvgIpc) is 2.26. The van der Waals surface area contributed by atoms with Crippen LogP contribution in [0.15, 0.2) is 11.0 Å². The van der Waals surface area contributed by atoms with Gasteiger partial charge in [0.2, 0.25) is 0 Å². The number of aryl methyl sites for hydroxylation is 2. The van der Waals surface area contributed by atoms with Crippen LogP contribution in [0.5, 0.6) is 0 Å². The van der Waals surface area contributed by atoms with E-state index in [1.807, 2.05) is 6.92 Å². The molecule has 1 aromatic heterocycles. The number of carbonyl (C=O) groups is 1. The van der Waals surface area contributed by atoms with Gasteiger partial charge in [-0.25, -0.2) is 0 Å². The summed E-state index contributed by atoms with van der Waals surface area (Å²) < 4.78 is 1.42. The second-order valence-corrected chi connectivity index (χ2v) is 3.64. The number of carboxylic acids is 1. The van der Waals surface area contributed by atoms with Crippen molar-refractivity contribution in [1.82, 2.24) is 4.57 Å². The highest BCUT2D eigenvalue weighted by molar-refractivity contribution is 7.09. The van der Waals surface area contributed by atoms with Crippen molar-refractivity contribution < 1.29 is 9.90 Å². The molecule has 1 rings (SSSR count). The molecule has 0 atom stereocenters. The highest BCUT2D eigenvalue weighted by Gasteiger charge is 2.02. The highest BCUT2D eigenvalue weighted by atomic mass is 32.1. The first-order valence-electron chi connectivity index (χ1n) is 3.48. The Bertz CT molecular complexity index is 339. The van der Waals surface area contributed by atoms with Crippen LogP contribution in [0.2, 0.25) is 0 Å². The molecule has 0 amide bonds. The lowest BCUT2D eigenvalue weighted by molar-refractivity contribution is -0.137. The molecule has 0 aliphatic heterocycles. The standard InChI is InChI=1S/C7H9NO3S/c1-5-4-8(7(11)12-5)3-2-6(9)10/h4H,2-3H2,1H3,(H,9,10). The molecule has 66 valence electrons. The van der Waals surface area contributed by atoms with E-state index in [0.717, 1.165) is 16.2 Å². The van der Waals surface area contributed by atoms with Crippen molar-refractivity contribution in [3.8, 4) is 0 Å². The first kappa shape index (κ1) is 8.99.